The Hall–Kier alpha value is -2.36. The van der Waals surface area contributed by atoms with Crippen molar-refractivity contribution in [2.24, 2.45) is 0 Å². The highest BCUT2D eigenvalue weighted by Crippen LogP contribution is 2.26. The number of carbonyl (C=O) groups is 1. The minimum atomic E-state index is -1.32. The molecule has 0 aliphatic rings. The summed E-state index contributed by atoms with van der Waals surface area (Å²) in [6.07, 6.45) is 0. The number of para-hydroxylation sites is 1. The van der Waals surface area contributed by atoms with Crippen molar-refractivity contribution in [1.29, 1.82) is 0 Å². The SMILES string of the molecule is O=C(O)c1cccc(Oc2ccccc2)c1F. The molecule has 17 heavy (non-hydrogen) atoms. The molecule has 3 nitrogen and oxygen atoms in total. The van der Waals surface area contributed by atoms with E-state index in [0.29, 0.717) is 5.75 Å². The van der Waals surface area contributed by atoms with E-state index in [-0.39, 0.29) is 5.75 Å². The molecule has 2 rings (SSSR count). The number of carboxylic acids is 1. The second-order valence-corrected chi connectivity index (χ2v) is 3.34. The van der Waals surface area contributed by atoms with E-state index in [2.05, 4.69) is 0 Å². The van der Waals surface area contributed by atoms with Gasteiger partial charge in [-0.1, -0.05) is 24.3 Å². The molecule has 86 valence electrons. The van der Waals surface area contributed by atoms with Crippen LogP contribution in [0.5, 0.6) is 11.5 Å². The zero-order valence-electron chi connectivity index (χ0n) is 8.76. The van der Waals surface area contributed by atoms with Gasteiger partial charge >= 0.3 is 5.97 Å². The van der Waals surface area contributed by atoms with Crippen LogP contribution in [0.15, 0.2) is 48.5 Å². The van der Waals surface area contributed by atoms with E-state index < -0.39 is 17.3 Å². The van der Waals surface area contributed by atoms with Crippen molar-refractivity contribution < 1.29 is 19.0 Å². The minimum Gasteiger partial charge on any atom is -0.478 e. The lowest BCUT2D eigenvalue weighted by molar-refractivity contribution is 0.0691. The van der Waals surface area contributed by atoms with Gasteiger partial charge in [-0.25, -0.2) is 9.18 Å². The summed E-state index contributed by atoms with van der Waals surface area (Å²) in [7, 11) is 0. The van der Waals surface area contributed by atoms with Gasteiger partial charge in [0, 0.05) is 0 Å². The van der Waals surface area contributed by atoms with Gasteiger partial charge in [-0.05, 0) is 24.3 Å². The van der Waals surface area contributed by atoms with Crippen LogP contribution in [0, 0.1) is 5.82 Å². The zero-order valence-corrected chi connectivity index (χ0v) is 8.76. The largest absolute Gasteiger partial charge is 0.478 e. The van der Waals surface area contributed by atoms with Crippen LogP contribution in [0.25, 0.3) is 0 Å². The highest BCUT2D eigenvalue weighted by Gasteiger charge is 2.14. The first-order chi connectivity index (χ1) is 8.18. The smallest absolute Gasteiger partial charge is 0.338 e. The molecule has 0 saturated carbocycles. The van der Waals surface area contributed by atoms with Crippen molar-refractivity contribution in [3.63, 3.8) is 0 Å². The van der Waals surface area contributed by atoms with E-state index in [1.54, 1.807) is 30.3 Å². The monoisotopic (exact) mass is 232 g/mol. The van der Waals surface area contributed by atoms with Crippen LogP contribution >= 0.6 is 0 Å². The summed E-state index contributed by atoms with van der Waals surface area (Å²) >= 11 is 0. The van der Waals surface area contributed by atoms with Crippen LogP contribution in [0.3, 0.4) is 0 Å². The average Bonchev–Trinajstić information content (AvgIpc) is 2.33. The van der Waals surface area contributed by atoms with Crippen molar-refractivity contribution in [3.05, 3.63) is 59.9 Å². The second kappa shape index (κ2) is 4.65. The number of ether oxygens (including phenoxy) is 1. The fourth-order valence-corrected chi connectivity index (χ4v) is 1.37. The van der Waals surface area contributed by atoms with Gasteiger partial charge in [0.2, 0.25) is 0 Å². The summed E-state index contributed by atoms with van der Waals surface area (Å²) in [5.74, 6) is -1.84. The number of carboxylic acid groups (broad SMARTS) is 1. The molecule has 0 aromatic heterocycles. The Bertz CT molecular complexity index is 538. The van der Waals surface area contributed by atoms with Gasteiger partial charge in [0.1, 0.15) is 5.75 Å². The molecule has 0 atom stereocenters. The first-order valence-corrected chi connectivity index (χ1v) is 4.93. The van der Waals surface area contributed by atoms with Gasteiger partial charge in [0.25, 0.3) is 0 Å². The number of hydrogen-bond donors (Lipinski definition) is 1. The third kappa shape index (κ3) is 2.42. The molecule has 4 heteroatoms. The molecule has 1 N–H and O–H groups in total. The van der Waals surface area contributed by atoms with Crippen molar-refractivity contribution in [1.82, 2.24) is 0 Å². The normalized spacial score (nSPS) is 9.94. The van der Waals surface area contributed by atoms with Gasteiger partial charge < -0.3 is 9.84 Å². The van der Waals surface area contributed by atoms with E-state index in [9.17, 15) is 9.18 Å². The molecule has 2 aromatic rings. The number of hydrogen-bond acceptors (Lipinski definition) is 2. The summed E-state index contributed by atoms with van der Waals surface area (Å²) in [6.45, 7) is 0. The zero-order chi connectivity index (χ0) is 12.3. The lowest BCUT2D eigenvalue weighted by Crippen LogP contribution is -2.01. The van der Waals surface area contributed by atoms with E-state index in [1.807, 2.05) is 0 Å². The number of rotatable bonds is 3. The summed E-state index contributed by atoms with van der Waals surface area (Å²) in [6, 6.07) is 12.6. The van der Waals surface area contributed by atoms with Crippen LogP contribution < -0.4 is 4.74 Å². The Kier molecular flexibility index (Phi) is 3.05. The third-order valence-corrected chi connectivity index (χ3v) is 2.16. The van der Waals surface area contributed by atoms with E-state index >= 15 is 0 Å². The molecule has 0 fully saturated rings. The predicted molar refractivity (Wildman–Crippen MR) is 59.9 cm³/mol. The molecule has 0 radical (unpaired) electrons. The van der Waals surface area contributed by atoms with Gasteiger partial charge in [-0.15, -0.1) is 0 Å². The Balaban J connectivity index is 2.34. The Morgan fingerprint density at radius 2 is 1.76 bits per heavy atom. The number of halogens is 1. The number of benzene rings is 2. The van der Waals surface area contributed by atoms with E-state index in [1.165, 1.54) is 18.2 Å². The van der Waals surface area contributed by atoms with E-state index in [4.69, 9.17) is 9.84 Å². The van der Waals surface area contributed by atoms with Crippen molar-refractivity contribution in [2.45, 2.75) is 0 Å². The van der Waals surface area contributed by atoms with Gasteiger partial charge in [0.15, 0.2) is 11.6 Å². The molecule has 0 spiro atoms. The maximum Gasteiger partial charge on any atom is 0.338 e. The summed E-state index contributed by atoms with van der Waals surface area (Å²) < 4.78 is 19.0. The molecule has 0 unspecified atom stereocenters. The Morgan fingerprint density at radius 3 is 2.41 bits per heavy atom. The van der Waals surface area contributed by atoms with Crippen molar-refractivity contribution >= 4 is 5.97 Å². The quantitative estimate of drug-likeness (QED) is 0.882. The fourth-order valence-electron chi connectivity index (χ4n) is 1.37. The van der Waals surface area contributed by atoms with Crippen molar-refractivity contribution in [2.75, 3.05) is 0 Å². The number of aromatic carboxylic acids is 1. The minimum absolute atomic E-state index is 0.101. The molecule has 0 saturated heterocycles. The van der Waals surface area contributed by atoms with Crippen LogP contribution in [0.1, 0.15) is 10.4 Å². The molecule has 0 heterocycles. The lowest BCUT2D eigenvalue weighted by atomic mass is 10.2. The topological polar surface area (TPSA) is 46.5 Å². The van der Waals surface area contributed by atoms with E-state index in [0.717, 1.165) is 0 Å². The maximum atomic E-state index is 13.7. The van der Waals surface area contributed by atoms with Gasteiger partial charge in [0.05, 0.1) is 5.56 Å². The molecular weight excluding hydrogens is 223 g/mol. The van der Waals surface area contributed by atoms with Gasteiger partial charge in [-0.2, -0.15) is 0 Å². The highest BCUT2D eigenvalue weighted by atomic mass is 19.1. The van der Waals surface area contributed by atoms with Crippen molar-refractivity contribution in [3.8, 4) is 11.5 Å². The first kappa shape index (κ1) is 11.1. The molecular formula is C13H9FO3. The lowest BCUT2D eigenvalue weighted by Gasteiger charge is -2.07. The average molecular weight is 232 g/mol. The van der Waals surface area contributed by atoms with Crippen LogP contribution in [0.2, 0.25) is 0 Å². The predicted octanol–water partition coefficient (Wildman–Crippen LogP) is 3.32. The summed E-state index contributed by atoms with van der Waals surface area (Å²) in [4.78, 5) is 10.7. The standard InChI is InChI=1S/C13H9FO3/c14-12-10(13(15)16)7-4-8-11(12)17-9-5-2-1-3-6-9/h1-8H,(H,15,16). The Morgan fingerprint density at radius 1 is 1.06 bits per heavy atom. The first-order valence-electron chi connectivity index (χ1n) is 4.93. The second-order valence-electron chi connectivity index (χ2n) is 3.34. The molecule has 0 aliphatic heterocycles. The highest BCUT2D eigenvalue weighted by molar-refractivity contribution is 5.88. The molecule has 0 bridgehead atoms. The summed E-state index contributed by atoms with van der Waals surface area (Å²) in [5.41, 5.74) is -0.404. The van der Waals surface area contributed by atoms with Crippen LogP contribution in [-0.2, 0) is 0 Å². The van der Waals surface area contributed by atoms with Crippen LogP contribution in [-0.4, -0.2) is 11.1 Å². The fraction of sp³-hybridized carbons (Fsp3) is 0. The van der Waals surface area contributed by atoms with Crippen LogP contribution in [0.4, 0.5) is 4.39 Å². The summed E-state index contributed by atoms with van der Waals surface area (Å²) in [5, 5.41) is 8.76. The third-order valence-electron chi connectivity index (χ3n) is 2.16. The Labute approximate surface area is 97.1 Å². The molecule has 2 aromatic carbocycles. The maximum absolute atomic E-state index is 13.7. The molecule has 0 aliphatic carbocycles. The van der Waals surface area contributed by atoms with Gasteiger partial charge in [-0.3, -0.25) is 0 Å². The molecule has 0 amide bonds.